The number of nitrogens with one attached hydrogen (secondary N) is 2. The zero-order valence-corrected chi connectivity index (χ0v) is 13.9. The topological polar surface area (TPSA) is 78.0 Å². The summed E-state index contributed by atoms with van der Waals surface area (Å²) in [6.07, 6.45) is 1.51. The minimum atomic E-state index is -0.284. The molecule has 0 unspecified atom stereocenters. The van der Waals surface area contributed by atoms with Crippen LogP contribution in [-0.4, -0.2) is 27.5 Å². The fraction of sp³-hybridized carbons (Fsp3) is 0.176. The molecule has 0 aliphatic heterocycles. The van der Waals surface area contributed by atoms with Crippen molar-refractivity contribution in [2.24, 2.45) is 0 Å². The van der Waals surface area contributed by atoms with Crippen molar-refractivity contribution in [2.45, 2.75) is 12.8 Å². The lowest BCUT2D eigenvalue weighted by molar-refractivity contribution is 0.0950. The summed E-state index contributed by atoms with van der Waals surface area (Å²) < 4.78 is 0.753. The lowest BCUT2D eigenvalue weighted by Crippen LogP contribution is -2.25. The normalized spacial score (nSPS) is 10.8. The Kier molecular flexibility index (Phi) is 4.62. The number of phenols is 1. The van der Waals surface area contributed by atoms with Gasteiger partial charge in [-0.05, 0) is 36.8 Å². The van der Waals surface area contributed by atoms with Gasteiger partial charge in [0.25, 0.3) is 5.91 Å². The molecule has 5 nitrogen and oxygen atoms in total. The largest absolute Gasteiger partial charge is 0.507 e. The maximum atomic E-state index is 12.1. The summed E-state index contributed by atoms with van der Waals surface area (Å²) in [5.41, 5.74) is 2.24. The fourth-order valence-corrected chi connectivity index (χ4v) is 2.73. The molecule has 3 rings (SSSR count). The van der Waals surface area contributed by atoms with E-state index in [0.717, 1.165) is 34.2 Å². The number of nitrogens with zero attached hydrogens (tertiary/aromatic N) is 1. The van der Waals surface area contributed by atoms with Crippen molar-refractivity contribution in [1.29, 1.82) is 0 Å². The number of benzene rings is 2. The van der Waals surface area contributed by atoms with Crippen molar-refractivity contribution in [2.75, 3.05) is 6.54 Å². The van der Waals surface area contributed by atoms with Crippen molar-refractivity contribution in [3.05, 3.63) is 58.3 Å². The molecule has 3 N–H and O–H groups in total. The van der Waals surface area contributed by atoms with E-state index in [-0.39, 0.29) is 17.2 Å². The van der Waals surface area contributed by atoms with E-state index in [1.807, 2.05) is 24.3 Å². The number of aromatic amines is 1. The number of H-pyrrole nitrogens is 1. The second kappa shape index (κ2) is 6.83. The fourth-order valence-electron chi connectivity index (χ4n) is 2.37. The SMILES string of the molecule is O=C(NCCCc1nc2ccccc2[nH]1)c1cc(Br)ccc1O. The Labute approximate surface area is 141 Å². The summed E-state index contributed by atoms with van der Waals surface area (Å²) in [5.74, 6) is 0.599. The van der Waals surface area contributed by atoms with E-state index in [1.54, 1.807) is 12.1 Å². The van der Waals surface area contributed by atoms with Gasteiger partial charge in [-0.15, -0.1) is 0 Å². The Hall–Kier alpha value is -2.34. The third-order valence-electron chi connectivity index (χ3n) is 3.52. The number of amides is 1. The van der Waals surface area contributed by atoms with Gasteiger partial charge in [-0.2, -0.15) is 0 Å². The van der Waals surface area contributed by atoms with Crippen LogP contribution in [0, 0.1) is 0 Å². The standard InChI is InChI=1S/C17H16BrN3O2/c18-11-7-8-15(22)12(10-11)17(23)19-9-3-6-16-20-13-4-1-2-5-14(13)21-16/h1-2,4-5,7-8,10,22H,3,6,9H2,(H,19,23)(H,20,21). The molecule has 0 bridgehead atoms. The van der Waals surface area contributed by atoms with Gasteiger partial charge < -0.3 is 15.4 Å². The van der Waals surface area contributed by atoms with Gasteiger partial charge in [0, 0.05) is 17.4 Å². The molecule has 2 aromatic carbocycles. The summed E-state index contributed by atoms with van der Waals surface area (Å²) >= 11 is 3.29. The van der Waals surface area contributed by atoms with Crippen molar-refractivity contribution in [3.63, 3.8) is 0 Å². The van der Waals surface area contributed by atoms with Crippen LogP contribution in [0.5, 0.6) is 5.75 Å². The summed E-state index contributed by atoms with van der Waals surface area (Å²) in [6, 6.07) is 12.7. The minimum Gasteiger partial charge on any atom is -0.507 e. The molecule has 1 heterocycles. The highest BCUT2D eigenvalue weighted by molar-refractivity contribution is 9.10. The van der Waals surface area contributed by atoms with E-state index in [0.29, 0.717) is 6.54 Å². The quantitative estimate of drug-likeness (QED) is 0.599. The van der Waals surface area contributed by atoms with E-state index in [4.69, 9.17) is 0 Å². The molecule has 0 atom stereocenters. The van der Waals surface area contributed by atoms with Gasteiger partial charge in [0.1, 0.15) is 11.6 Å². The Morgan fingerprint density at radius 2 is 2.09 bits per heavy atom. The number of phenolic OH excluding ortho intramolecular Hbond substituents is 1. The van der Waals surface area contributed by atoms with E-state index in [1.165, 1.54) is 6.07 Å². The molecular weight excluding hydrogens is 358 g/mol. The molecule has 0 aliphatic carbocycles. The molecule has 6 heteroatoms. The first-order chi connectivity index (χ1) is 11.1. The molecule has 1 aromatic heterocycles. The Balaban J connectivity index is 1.53. The predicted molar refractivity (Wildman–Crippen MR) is 92.6 cm³/mol. The lowest BCUT2D eigenvalue weighted by atomic mass is 10.2. The molecular formula is C17H16BrN3O2. The van der Waals surface area contributed by atoms with E-state index in [2.05, 4.69) is 31.2 Å². The maximum Gasteiger partial charge on any atom is 0.255 e. The number of rotatable bonds is 5. The number of para-hydroxylation sites is 2. The average molecular weight is 374 g/mol. The van der Waals surface area contributed by atoms with Crippen molar-refractivity contribution < 1.29 is 9.90 Å². The molecule has 118 valence electrons. The molecule has 1 amide bonds. The second-order valence-electron chi connectivity index (χ2n) is 5.22. The van der Waals surface area contributed by atoms with Gasteiger partial charge in [0.05, 0.1) is 16.6 Å². The van der Waals surface area contributed by atoms with Gasteiger partial charge in [0.15, 0.2) is 0 Å². The van der Waals surface area contributed by atoms with Crippen LogP contribution in [0.15, 0.2) is 46.9 Å². The minimum absolute atomic E-state index is 0.0250. The van der Waals surface area contributed by atoms with Crippen LogP contribution < -0.4 is 5.32 Å². The highest BCUT2D eigenvalue weighted by Gasteiger charge is 2.11. The number of carbonyl (C=O) groups is 1. The summed E-state index contributed by atoms with van der Waals surface area (Å²) in [6.45, 7) is 0.516. The lowest BCUT2D eigenvalue weighted by Gasteiger charge is -2.06. The van der Waals surface area contributed by atoms with Crippen molar-refractivity contribution >= 4 is 32.9 Å². The average Bonchev–Trinajstić information content (AvgIpc) is 2.96. The van der Waals surface area contributed by atoms with Gasteiger partial charge in [-0.25, -0.2) is 4.98 Å². The van der Waals surface area contributed by atoms with E-state index in [9.17, 15) is 9.90 Å². The summed E-state index contributed by atoms with van der Waals surface area (Å²) in [5, 5.41) is 12.5. The number of hydrogen-bond acceptors (Lipinski definition) is 3. The number of aryl methyl sites for hydroxylation is 1. The van der Waals surface area contributed by atoms with E-state index < -0.39 is 0 Å². The van der Waals surface area contributed by atoms with Crippen LogP contribution in [0.3, 0.4) is 0 Å². The zero-order chi connectivity index (χ0) is 16.2. The van der Waals surface area contributed by atoms with Crippen LogP contribution >= 0.6 is 15.9 Å². The first-order valence-electron chi connectivity index (χ1n) is 7.34. The molecule has 3 aromatic rings. The van der Waals surface area contributed by atoms with Crippen molar-refractivity contribution in [3.8, 4) is 5.75 Å². The van der Waals surface area contributed by atoms with Crippen LogP contribution in [0.1, 0.15) is 22.6 Å². The van der Waals surface area contributed by atoms with Gasteiger partial charge >= 0.3 is 0 Å². The van der Waals surface area contributed by atoms with Crippen LogP contribution in [-0.2, 0) is 6.42 Å². The third-order valence-corrected chi connectivity index (χ3v) is 4.01. The zero-order valence-electron chi connectivity index (χ0n) is 12.3. The summed E-state index contributed by atoms with van der Waals surface area (Å²) in [4.78, 5) is 19.8. The number of aromatic hydroxyl groups is 1. The Bertz CT molecular complexity index is 812. The van der Waals surface area contributed by atoms with Crippen LogP contribution in [0.2, 0.25) is 0 Å². The predicted octanol–water partition coefficient (Wildman–Crippen LogP) is 3.39. The monoisotopic (exact) mass is 373 g/mol. The number of fused-ring (bicyclic) bond motifs is 1. The van der Waals surface area contributed by atoms with E-state index >= 15 is 0 Å². The van der Waals surface area contributed by atoms with Crippen molar-refractivity contribution in [1.82, 2.24) is 15.3 Å². The first-order valence-corrected chi connectivity index (χ1v) is 8.13. The number of imidazole rings is 1. The highest BCUT2D eigenvalue weighted by atomic mass is 79.9. The van der Waals surface area contributed by atoms with Gasteiger partial charge in [-0.1, -0.05) is 28.1 Å². The van der Waals surface area contributed by atoms with Gasteiger partial charge in [0.2, 0.25) is 0 Å². The Morgan fingerprint density at radius 3 is 2.91 bits per heavy atom. The number of aromatic nitrogens is 2. The van der Waals surface area contributed by atoms with Crippen LogP contribution in [0.25, 0.3) is 11.0 Å². The summed E-state index contributed by atoms with van der Waals surface area (Å²) in [7, 11) is 0. The highest BCUT2D eigenvalue weighted by Crippen LogP contribution is 2.21. The third kappa shape index (κ3) is 3.71. The smallest absolute Gasteiger partial charge is 0.255 e. The number of hydrogen-bond donors (Lipinski definition) is 3. The molecule has 0 saturated heterocycles. The molecule has 23 heavy (non-hydrogen) atoms. The number of carbonyl (C=O) groups excluding carboxylic acids is 1. The Morgan fingerprint density at radius 1 is 1.26 bits per heavy atom. The van der Waals surface area contributed by atoms with Crippen LogP contribution in [0.4, 0.5) is 0 Å². The molecule has 0 fully saturated rings. The van der Waals surface area contributed by atoms with Gasteiger partial charge in [-0.3, -0.25) is 4.79 Å². The maximum absolute atomic E-state index is 12.1. The molecule has 0 spiro atoms. The molecule has 0 saturated carbocycles. The molecule has 0 aliphatic rings. The second-order valence-corrected chi connectivity index (χ2v) is 6.14. The molecule has 0 radical (unpaired) electrons. The first kappa shape index (κ1) is 15.6. The number of halogens is 1.